The zero-order valence-corrected chi connectivity index (χ0v) is 10.9. The third kappa shape index (κ3) is 2.90. The van der Waals surface area contributed by atoms with Crippen LogP contribution in [-0.4, -0.2) is 0 Å². The number of para-hydroxylation sites is 1. The average Bonchev–Trinajstić information content (AvgIpc) is 2.40. The number of nitrogens with two attached hydrogens (primary N) is 1. The van der Waals surface area contributed by atoms with Crippen LogP contribution in [0.25, 0.3) is 0 Å². The summed E-state index contributed by atoms with van der Waals surface area (Å²) in [5.41, 5.74) is 8.15. The molecule has 0 aromatic heterocycles. The molecule has 94 valence electrons. The number of hydrogen-bond donors (Lipinski definition) is 1. The first-order valence-corrected chi connectivity index (χ1v) is 6.32. The maximum atomic E-state index is 5.89. The topological polar surface area (TPSA) is 35.2 Å². The molecule has 2 aromatic carbocycles. The minimum atomic E-state index is 0.0574. The van der Waals surface area contributed by atoms with Crippen LogP contribution in [0.1, 0.15) is 31.0 Å². The van der Waals surface area contributed by atoms with Crippen molar-refractivity contribution in [2.75, 3.05) is 0 Å². The minimum absolute atomic E-state index is 0.0574. The summed E-state index contributed by atoms with van der Waals surface area (Å²) in [5.74, 6) is 1.77. The molecule has 1 atom stereocenters. The Morgan fingerprint density at radius 2 is 1.72 bits per heavy atom. The summed E-state index contributed by atoms with van der Waals surface area (Å²) in [6, 6.07) is 16.1. The molecular weight excluding hydrogens is 222 g/mol. The normalized spacial score (nSPS) is 12.2. The number of hydrogen-bond acceptors (Lipinski definition) is 2. The van der Waals surface area contributed by atoms with Crippen molar-refractivity contribution in [3.63, 3.8) is 0 Å². The molecule has 2 heteroatoms. The molecule has 0 aliphatic carbocycles. The standard InChI is InChI=1S/C16H19NO/c1-3-13-6-4-5-7-16(13)18-15-10-8-14(9-11-15)12(2)17/h4-12H,3,17H2,1-2H3. The van der Waals surface area contributed by atoms with Crippen molar-refractivity contribution in [3.8, 4) is 11.5 Å². The van der Waals surface area contributed by atoms with Gasteiger partial charge in [-0.1, -0.05) is 37.3 Å². The first kappa shape index (κ1) is 12.7. The van der Waals surface area contributed by atoms with E-state index >= 15 is 0 Å². The lowest BCUT2D eigenvalue weighted by molar-refractivity contribution is 0.476. The molecular formula is C16H19NO. The fourth-order valence-electron chi connectivity index (χ4n) is 1.86. The predicted octanol–water partition coefficient (Wildman–Crippen LogP) is 4.06. The molecule has 18 heavy (non-hydrogen) atoms. The van der Waals surface area contributed by atoms with Crippen LogP contribution in [0.15, 0.2) is 48.5 Å². The second-order valence-corrected chi connectivity index (χ2v) is 4.42. The molecule has 2 nitrogen and oxygen atoms in total. The van der Waals surface area contributed by atoms with E-state index in [-0.39, 0.29) is 6.04 Å². The van der Waals surface area contributed by atoms with Gasteiger partial charge >= 0.3 is 0 Å². The van der Waals surface area contributed by atoms with Crippen molar-refractivity contribution in [2.24, 2.45) is 5.73 Å². The molecule has 0 aliphatic rings. The van der Waals surface area contributed by atoms with Crippen molar-refractivity contribution in [1.29, 1.82) is 0 Å². The molecule has 0 amide bonds. The smallest absolute Gasteiger partial charge is 0.130 e. The van der Waals surface area contributed by atoms with Gasteiger partial charge in [0.25, 0.3) is 0 Å². The molecule has 0 saturated heterocycles. The number of benzene rings is 2. The summed E-state index contributed by atoms with van der Waals surface area (Å²) in [5, 5.41) is 0. The van der Waals surface area contributed by atoms with Gasteiger partial charge in [0.2, 0.25) is 0 Å². The Bertz CT molecular complexity index is 503. The van der Waals surface area contributed by atoms with Gasteiger partial charge in [-0.05, 0) is 42.7 Å². The van der Waals surface area contributed by atoms with E-state index in [0.29, 0.717) is 0 Å². The molecule has 0 spiro atoms. The van der Waals surface area contributed by atoms with Crippen molar-refractivity contribution in [2.45, 2.75) is 26.3 Å². The van der Waals surface area contributed by atoms with E-state index in [4.69, 9.17) is 10.5 Å². The highest BCUT2D eigenvalue weighted by Crippen LogP contribution is 2.26. The maximum Gasteiger partial charge on any atom is 0.130 e. The Kier molecular flexibility index (Phi) is 4.00. The summed E-state index contributed by atoms with van der Waals surface area (Å²) in [6.07, 6.45) is 0.966. The first-order valence-electron chi connectivity index (χ1n) is 6.32. The lowest BCUT2D eigenvalue weighted by Crippen LogP contribution is -2.04. The van der Waals surface area contributed by atoms with E-state index in [9.17, 15) is 0 Å². The summed E-state index contributed by atoms with van der Waals surface area (Å²) in [7, 11) is 0. The summed E-state index contributed by atoms with van der Waals surface area (Å²) >= 11 is 0. The van der Waals surface area contributed by atoms with Crippen molar-refractivity contribution in [1.82, 2.24) is 0 Å². The van der Waals surface area contributed by atoms with Crippen LogP contribution in [0, 0.1) is 0 Å². The highest BCUT2D eigenvalue weighted by molar-refractivity contribution is 5.38. The Labute approximate surface area is 108 Å². The van der Waals surface area contributed by atoms with Crippen LogP contribution in [0.5, 0.6) is 11.5 Å². The van der Waals surface area contributed by atoms with Crippen molar-refractivity contribution in [3.05, 3.63) is 59.7 Å². The summed E-state index contributed by atoms with van der Waals surface area (Å²) in [6.45, 7) is 4.10. The van der Waals surface area contributed by atoms with Crippen LogP contribution in [0.4, 0.5) is 0 Å². The zero-order valence-electron chi connectivity index (χ0n) is 10.9. The molecule has 2 rings (SSSR count). The van der Waals surface area contributed by atoms with E-state index in [2.05, 4.69) is 13.0 Å². The van der Waals surface area contributed by atoms with Gasteiger partial charge in [-0.15, -0.1) is 0 Å². The largest absolute Gasteiger partial charge is 0.457 e. The molecule has 2 N–H and O–H groups in total. The Morgan fingerprint density at radius 3 is 2.33 bits per heavy atom. The van der Waals surface area contributed by atoms with Gasteiger partial charge < -0.3 is 10.5 Å². The van der Waals surface area contributed by atoms with E-state index < -0.39 is 0 Å². The highest BCUT2D eigenvalue weighted by atomic mass is 16.5. The lowest BCUT2D eigenvalue weighted by atomic mass is 10.1. The number of rotatable bonds is 4. The molecule has 0 saturated carbocycles. The minimum Gasteiger partial charge on any atom is -0.457 e. The van der Waals surface area contributed by atoms with Crippen LogP contribution in [-0.2, 0) is 6.42 Å². The number of ether oxygens (including phenoxy) is 1. The van der Waals surface area contributed by atoms with Crippen molar-refractivity contribution < 1.29 is 4.74 Å². The molecule has 0 bridgehead atoms. The second kappa shape index (κ2) is 5.69. The van der Waals surface area contributed by atoms with Gasteiger partial charge in [-0.2, -0.15) is 0 Å². The molecule has 0 radical (unpaired) electrons. The highest BCUT2D eigenvalue weighted by Gasteiger charge is 2.03. The average molecular weight is 241 g/mol. The Hall–Kier alpha value is -1.80. The van der Waals surface area contributed by atoms with Gasteiger partial charge in [0.05, 0.1) is 0 Å². The predicted molar refractivity (Wildman–Crippen MR) is 74.9 cm³/mol. The molecule has 1 unspecified atom stereocenters. The summed E-state index contributed by atoms with van der Waals surface area (Å²) < 4.78 is 5.89. The molecule has 0 aliphatic heterocycles. The third-order valence-corrected chi connectivity index (χ3v) is 2.99. The Morgan fingerprint density at radius 1 is 1.06 bits per heavy atom. The van der Waals surface area contributed by atoms with Gasteiger partial charge in [-0.25, -0.2) is 0 Å². The second-order valence-electron chi connectivity index (χ2n) is 4.42. The fourth-order valence-corrected chi connectivity index (χ4v) is 1.86. The Balaban J connectivity index is 2.18. The molecule has 0 fully saturated rings. The monoisotopic (exact) mass is 241 g/mol. The zero-order chi connectivity index (χ0) is 13.0. The van der Waals surface area contributed by atoms with Crippen LogP contribution >= 0.6 is 0 Å². The van der Waals surface area contributed by atoms with E-state index in [1.807, 2.05) is 49.4 Å². The molecule has 2 aromatic rings. The lowest BCUT2D eigenvalue weighted by Gasteiger charge is -2.11. The summed E-state index contributed by atoms with van der Waals surface area (Å²) in [4.78, 5) is 0. The van der Waals surface area contributed by atoms with Crippen LogP contribution < -0.4 is 10.5 Å². The van der Waals surface area contributed by atoms with Crippen molar-refractivity contribution >= 4 is 0 Å². The maximum absolute atomic E-state index is 5.89. The molecule has 0 heterocycles. The quantitative estimate of drug-likeness (QED) is 0.876. The van der Waals surface area contributed by atoms with Gasteiger partial charge in [0.15, 0.2) is 0 Å². The third-order valence-electron chi connectivity index (χ3n) is 2.99. The van der Waals surface area contributed by atoms with Crippen LogP contribution in [0.2, 0.25) is 0 Å². The number of aryl methyl sites for hydroxylation is 1. The van der Waals surface area contributed by atoms with Gasteiger partial charge in [-0.3, -0.25) is 0 Å². The van der Waals surface area contributed by atoms with E-state index in [1.54, 1.807) is 0 Å². The van der Waals surface area contributed by atoms with E-state index in [1.165, 1.54) is 5.56 Å². The SMILES string of the molecule is CCc1ccccc1Oc1ccc(C(C)N)cc1. The first-order chi connectivity index (χ1) is 8.70. The van der Waals surface area contributed by atoms with Gasteiger partial charge in [0, 0.05) is 6.04 Å². The van der Waals surface area contributed by atoms with Gasteiger partial charge in [0.1, 0.15) is 11.5 Å². The van der Waals surface area contributed by atoms with E-state index in [0.717, 1.165) is 23.5 Å². The fraction of sp³-hybridized carbons (Fsp3) is 0.250. The van der Waals surface area contributed by atoms with Crippen LogP contribution in [0.3, 0.4) is 0 Å².